The van der Waals surface area contributed by atoms with E-state index < -0.39 is 0 Å². The van der Waals surface area contributed by atoms with E-state index in [2.05, 4.69) is 18.2 Å². The van der Waals surface area contributed by atoms with Gasteiger partial charge in [-0.05, 0) is 31.5 Å². The standard InChI is InChI=1S/C14H20N2O3S/c1-14(2)10-15(13(17)19-4)20-16(14)9-11-5-7-12(18-3)8-6-11/h5-8H,9-10H2,1-4H3. The molecule has 0 aromatic heterocycles. The van der Waals surface area contributed by atoms with Gasteiger partial charge in [-0.15, -0.1) is 0 Å². The zero-order valence-electron chi connectivity index (χ0n) is 12.3. The second-order valence-electron chi connectivity index (χ2n) is 5.29. The molecule has 0 spiro atoms. The summed E-state index contributed by atoms with van der Waals surface area (Å²) in [6.07, 6.45) is -0.305. The Morgan fingerprint density at radius 3 is 2.50 bits per heavy atom. The van der Waals surface area contributed by atoms with E-state index in [4.69, 9.17) is 9.47 Å². The first-order chi connectivity index (χ1) is 9.46. The quantitative estimate of drug-likeness (QED) is 0.802. The molecule has 110 valence electrons. The molecule has 0 unspecified atom stereocenters. The number of rotatable bonds is 3. The third-order valence-electron chi connectivity index (χ3n) is 3.27. The molecule has 0 atom stereocenters. The molecule has 0 aliphatic carbocycles. The minimum Gasteiger partial charge on any atom is -0.497 e. The van der Waals surface area contributed by atoms with Crippen LogP contribution in [-0.2, 0) is 11.3 Å². The van der Waals surface area contributed by atoms with Crippen molar-refractivity contribution in [1.29, 1.82) is 0 Å². The van der Waals surface area contributed by atoms with Crippen molar-refractivity contribution in [1.82, 2.24) is 8.61 Å². The van der Waals surface area contributed by atoms with Crippen LogP contribution in [0.5, 0.6) is 5.75 Å². The van der Waals surface area contributed by atoms with Gasteiger partial charge < -0.3 is 9.47 Å². The van der Waals surface area contributed by atoms with Crippen molar-refractivity contribution in [3.8, 4) is 5.75 Å². The molecule has 5 nitrogen and oxygen atoms in total. The van der Waals surface area contributed by atoms with Gasteiger partial charge in [-0.25, -0.2) is 13.4 Å². The summed E-state index contributed by atoms with van der Waals surface area (Å²) in [6, 6.07) is 7.97. The minimum atomic E-state index is -0.305. The molecule has 0 saturated carbocycles. The van der Waals surface area contributed by atoms with Crippen LogP contribution in [0.15, 0.2) is 24.3 Å². The van der Waals surface area contributed by atoms with Crippen molar-refractivity contribution < 1.29 is 14.3 Å². The zero-order valence-corrected chi connectivity index (χ0v) is 13.1. The van der Waals surface area contributed by atoms with E-state index in [1.165, 1.54) is 24.8 Å². The lowest BCUT2D eigenvalue weighted by atomic mass is 10.1. The van der Waals surface area contributed by atoms with Gasteiger partial charge in [0.05, 0.1) is 20.8 Å². The van der Waals surface area contributed by atoms with Gasteiger partial charge in [-0.2, -0.15) is 0 Å². The molecule has 1 saturated heterocycles. The van der Waals surface area contributed by atoms with Crippen LogP contribution in [0.25, 0.3) is 0 Å². The summed E-state index contributed by atoms with van der Waals surface area (Å²) in [5.41, 5.74) is 1.08. The Bertz CT molecular complexity index is 476. The molecule has 1 heterocycles. The maximum atomic E-state index is 11.6. The predicted molar refractivity (Wildman–Crippen MR) is 79.3 cm³/mol. The maximum Gasteiger partial charge on any atom is 0.420 e. The molecule has 2 rings (SSSR count). The predicted octanol–water partition coefficient (Wildman–Crippen LogP) is 2.92. The van der Waals surface area contributed by atoms with Gasteiger partial charge in [0.25, 0.3) is 0 Å². The van der Waals surface area contributed by atoms with Crippen LogP contribution >= 0.6 is 12.1 Å². The third-order valence-corrected chi connectivity index (χ3v) is 4.56. The molecule has 0 radical (unpaired) electrons. The number of amides is 1. The zero-order chi connectivity index (χ0) is 14.8. The molecule has 1 aromatic rings. The molecule has 0 bridgehead atoms. The second kappa shape index (κ2) is 5.93. The summed E-state index contributed by atoms with van der Waals surface area (Å²) in [5.74, 6) is 0.846. The molecular weight excluding hydrogens is 276 g/mol. The Kier molecular flexibility index (Phi) is 4.45. The summed E-state index contributed by atoms with van der Waals surface area (Å²) in [7, 11) is 3.06. The van der Waals surface area contributed by atoms with Crippen LogP contribution < -0.4 is 4.74 Å². The van der Waals surface area contributed by atoms with Gasteiger partial charge in [-0.1, -0.05) is 12.1 Å². The highest BCUT2D eigenvalue weighted by Gasteiger charge is 2.41. The molecule has 1 fully saturated rings. The van der Waals surface area contributed by atoms with Crippen LogP contribution in [0, 0.1) is 0 Å². The normalized spacial score (nSPS) is 18.1. The molecule has 1 amide bonds. The van der Waals surface area contributed by atoms with Crippen LogP contribution in [-0.4, -0.2) is 41.0 Å². The van der Waals surface area contributed by atoms with Gasteiger partial charge in [-0.3, -0.25) is 0 Å². The number of hydrogen-bond donors (Lipinski definition) is 0. The molecule has 1 aliphatic rings. The maximum absolute atomic E-state index is 11.6. The highest BCUT2D eigenvalue weighted by atomic mass is 32.2. The van der Waals surface area contributed by atoms with E-state index in [1.807, 2.05) is 24.3 Å². The number of ether oxygens (including phenoxy) is 2. The van der Waals surface area contributed by atoms with Gasteiger partial charge in [0, 0.05) is 24.2 Å². The molecule has 1 aromatic carbocycles. The Morgan fingerprint density at radius 2 is 1.95 bits per heavy atom. The van der Waals surface area contributed by atoms with E-state index in [-0.39, 0.29) is 11.6 Å². The Labute approximate surface area is 124 Å². The number of benzene rings is 1. The first-order valence-corrected chi connectivity index (χ1v) is 7.13. The van der Waals surface area contributed by atoms with Crippen LogP contribution in [0.1, 0.15) is 19.4 Å². The van der Waals surface area contributed by atoms with Gasteiger partial charge in [0.1, 0.15) is 5.75 Å². The molecule has 6 heteroatoms. The fourth-order valence-corrected chi connectivity index (χ4v) is 3.27. The van der Waals surface area contributed by atoms with Crippen molar-refractivity contribution in [2.24, 2.45) is 0 Å². The van der Waals surface area contributed by atoms with Crippen LogP contribution in [0.2, 0.25) is 0 Å². The third kappa shape index (κ3) is 3.19. The van der Waals surface area contributed by atoms with Crippen LogP contribution in [0.3, 0.4) is 0 Å². The fraction of sp³-hybridized carbons (Fsp3) is 0.500. The largest absolute Gasteiger partial charge is 0.497 e. The Balaban J connectivity index is 2.06. The Morgan fingerprint density at radius 1 is 1.30 bits per heavy atom. The van der Waals surface area contributed by atoms with Crippen molar-refractivity contribution in [2.75, 3.05) is 20.8 Å². The molecule has 20 heavy (non-hydrogen) atoms. The van der Waals surface area contributed by atoms with E-state index in [1.54, 1.807) is 11.4 Å². The lowest BCUT2D eigenvalue weighted by Crippen LogP contribution is -2.38. The van der Waals surface area contributed by atoms with Crippen molar-refractivity contribution in [3.05, 3.63) is 29.8 Å². The number of hydrogen-bond acceptors (Lipinski definition) is 5. The molecular formula is C14H20N2O3S. The average Bonchev–Trinajstić information content (AvgIpc) is 2.74. The monoisotopic (exact) mass is 296 g/mol. The van der Waals surface area contributed by atoms with E-state index in [0.29, 0.717) is 6.54 Å². The number of carbonyl (C=O) groups is 1. The summed E-state index contributed by atoms with van der Waals surface area (Å²) in [5, 5.41) is 0. The molecule has 0 N–H and O–H groups in total. The van der Waals surface area contributed by atoms with Crippen LogP contribution in [0.4, 0.5) is 4.79 Å². The van der Waals surface area contributed by atoms with Crippen molar-refractivity contribution >= 4 is 18.2 Å². The Hall–Kier alpha value is -1.40. The number of methoxy groups -OCH3 is 2. The highest BCUT2D eigenvalue weighted by molar-refractivity contribution is 7.95. The molecule has 1 aliphatic heterocycles. The van der Waals surface area contributed by atoms with E-state index in [9.17, 15) is 4.79 Å². The summed E-state index contributed by atoms with van der Waals surface area (Å²) in [6.45, 7) is 5.63. The number of nitrogens with zero attached hydrogens (tertiary/aromatic N) is 2. The fourth-order valence-electron chi connectivity index (χ4n) is 2.03. The summed E-state index contributed by atoms with van der Waals surface area (Å²) >= 11 is 1.42. The minimum absolute atomic E-state index is 0.0984. The van der Waals surface area contributed by atoms with Crippen molar-refractivity contribution in [2.45, 2.75) is 25.9 Å². The second-order valence-corrected chi connectivity index (χ2v) is 6.33. The first-order valence-electron chi connectivity index (χ1n) is 6.40. The highest BCUT2D eigenvalue weighted by Crippen LogP contribution is 2.37. The van der Waals surface area contributed by atoms with Crippen molar-refractivity contribution in [3.63, 3.8) is 0 Å². The van der Waals surface area contributed by atoms with E-state index in [0.717, 1.165) is 12.3 Å². The van der Waals surface area contributed by atoms with Gasteiger partial charge >= 0.3 is 6.09 Å². The van der Waals surface area contributed by atoms with Gasteiger partial charge in [0.2, 0.25) is 0 Å². The lowest BCUT2D eigenvalue weighted by molar-refractivity contribution is 0.147. The smallest absolute Gasteiger partial charge is 0.420 e. The average molecular weight is 296 g/mol. The first kappa shape index (κ1) is 15.0. The van der Waals surface area contributed by atoms with E-state index >= 15 is 0 Å². The SMILES string of the molecule is COC(=O)N1CC(C)(C)N(Cc2ccc(OC)cc2)S1. The lowest BCUT2D eigenvalue weighted by Gasteiger charge is -2.27. The van der Waals surface area contributed by atoms with Gasteiger partial charge in [0.15, 0.2) is 0 Å². The summed E-state index contributed by atoms with van der Waals surface area (Å²) in [4.78, 5) is 11.6. The summed E-state index contributed by atoms with van der Waals surface area (Å²) < 4.78 is 13.8. The number of carbonyl (C=O) groups excluding carboxylic acids is 1. The topological polar surface area (TPSA) is 42.0 Å².